The van der Waals surface area contributed by atoms with Crippen LogP contribution in [0.2, 0.25) is 0 Å². The van der Waals surface area contributed by atoms with E-state index in [4.69, 9.17) is 4.84 Å². The molecule has 0 amide bonds. The molecule has 2 nitrogen and oxygen atoms in total. The van der Waals surface area contributed by atoms with Gasteiger partial charge in [-0.15, -0.1) is 0 Å². The molecule has 6 heteroatoms. The van der Waals surface area contributed by atoms with E-state index in [-0.39, 0.29) is 12.1 Å². The molecule has 0 atom stereocenters. The lowest BCUT2D eigenvalue weighted by atomic mass is 10.1. The third-order valence-corrected chi connectivity index (χ3v) is 2.08. The zero-order valence-corrected chi connectivity index (χ0v) is 10.1. The van der Waals surface area contributed by atoms with Crippen LogP contribution < -0.4 is 5.48 Å². The predicted molar refractivity (Wildman–Crippen MR) is 59.0 cm³/mol. The van der Waals surface area contributed by atoms with Crippen LogP contribution in [0.1, 0.15) is 25.0 Å². The van der Waals surface area contributed by atoms with Gasteiger partial charge >= 0.3 is 6.18 Å². The fourth-order valence-electron chi connectivity index (χ4n) is 1.28. The molecule has 1 aromatic rings. The molecule has 0 aliphatic heterocycles. The van der Waals surface area contributed by atoms with Gasteiger partial charge in [-0.3, -0.25) is 0 Å². The van der Waals surface area contributed by atoms with Crippen LogP contribution >= 0.6 is 0 Å². The van der Waals surface area contributed by atoms with Gasteiger partial charge in [0.2, 0.25) is 0 Å². The molecular weight excluding hydrogens is 250 g/mol. The Labute approximate surface area is 103 Å². The van der Waals surface area contributed by atoms with Gasteiger partial charge in [-0.25, -0.2) is 4.39 Å². The third kappa shape index (κ3) is 5.01. The van der Waals surface area contributed by atoms with E-state index >= 15 is 0 Å². The van der Waals surface area contributed by atoms with Crippen LogP contribution in [0.5, 0.6) is 0 Å². The van der Waals surface area contributed by atoms with Gasteiger partial charge in [0.05, 0.1) is 12.2 Å². The molecule has 0 fully saturated rings. The van der Waals surface area contributed by atoms with Crippen molar-refractivity contribution in [3.8, 4) is 0 Å². The van der Waals surface area contributed by atoms with Crippen LogP contribution in [0.4, 0.5) is 17.6 Å². The standard InChI is InChI=1S/C12H15F4NO/c1-8(2)7-18-17-6-9-3-10(12(14,15)16)5-11(13)4-9/h3-5,8,17H,6-7H2,1-2H3. The van der Waals surface area contributed by atoms with Crippen molar-refractivity contribution in [2.24, 2.45) is 5.92 Å². The van der Waals surface area contributed by atoms with Crippen LogP contribution in [-0.2, 0) is 17.6 Å². The number of hydrogen-bond donors (Lipinski definition) is 1. The Kier molecular flexibility index (Phi) is 5.10. The maximum Gasteiger partial charge on any atom is 0.416 e. The zero-order valence-electron chi connectivity index (χ0n) is 10.1. The lowest BCUT2D eigenvalue weighted by molar-refractivity contribution is -0.137. The van der Waals surface area contributed by atoms with Gasteiger partial charge < -0.3 is 4.84 Å². The minimum absolute atomic E-state index is 0.0214. The van der Waals surface area contributed by atoms with Gasteiger partial charge in [0.1, 0.15) is 5.82 Å². The minimum atomic E-state index is -4.55. The van der Waals surface area contributed by atoms with Crippen molar-refractivity contribution in [3.63, 3.8) is 0 Å². The van der Waals surface area contributed by atoms with Crippen LogP contribution in [0, 0.1) is 11.7 Å². The first-order chi connectivity index (χ1) is 8.29. The van der Waals surface area contributed by atoms with Gasteiger partial charge in [-0.1, -0.05) is 13.8 Å². The summed E-state index contributed by atoms with van der Waals surface area (Å²) >= 11 is 0. The topological polar surface area (TPSA) is 21.3 Å². The van der Waals surface area contributed by atoms with Crippen LogP contribution in [0.25, 0.3) is 0 Å². The highest BCUT2D eigenvalue weighted by molar-refractivity contribution is 5.26. The number of nitrogens with one attached hydrogen (secondary N) is 1. The van der Waals surface area contributed by atoms with E-state index < -0.39 is 17.6 Å². The van der Waals surface area contributed by atoms with Gasteiger partial charge in [-0.05, 0) is 29.7 Å². The molecule has 102 valence electrons. The first-order valence-electron chi connectivity index (χ1n) is 5.50. The molecule has 0 radical (unpaired) electrons. The average Bonchev–Trinajstić information content (AvgIpc) is 2.22. The van der Waals surface area contributed by atoms with Crippen LogP contribution in [-0.4, -0.2) is 6.61 Å². The molecule has 0 aliphatic carbocycles. The summed E-state index contributed by atoms with van der Waals surface area (Å²) in [6, 6.07) is 2.41. The van der Waals surface area contributed by atoms with E-state index in [1.165, 1.54) is 0 Å². The Balaban J connectivity index is 2.63. The molecule has 0 unspecified atom stereocenters. The number of hydroxylamine groups is 1. The van der Waals surface area contributed by atoms with Crippen molar-refractivity contribution in [1.29, 1.82) is 0 Å². The molecule has 18 heavy (non-hydrogen) atoms. The summed E-state index contributed by atoms with van der Waals surface area (Å²) in [7, 11) is 0. The van der Waals surface area contributed by atoms with Crippen molar-refractivity contribution >= 4 is 0 Å². The summed E-state index contributed by atoms with van der Waals surface area (Å²) in [5.74, 6) is -0.610. The second-order valence-electron chi connectivity index (χ2n) is 4.37. The first-order valence-corrected chi connectivity index (χ1v) is 5.50. The summed E-state index contributed by atoms with van der Waals surface area (Å²) in [4.78, 5) is 5.01. The molecule has 0 spiro atoms. The average molecular weight is 265 g/mol. The van der Waals surface area contributed by atoms with E-state index in [0.29, 0.717) is 18.6 Å². The molecule has 0 heterocycles. The van der Waals surface area contributed by atoms with Crippen LogP contribution in [0.15, 0.2) is 18.2 Å². The SMILES string of the molecule is CC(C)CONCc1cc(F)cc(C(F)(F)F)c1. The lowest BCUT2D eigenvalue weighted by Gasteiger charge is -2.11. The normalized spacial score (nSPS) is 12.2. The molecule has 0 bridgehead atoms. The Morgan fingerprint density at radius 1 is 1.22 bits per heavy atom. The molecule has 0 aliphatic rings. The van der Waals surface area contributed by atoms with Crippen molar-refractivity contribution in [2.75, 3.05) is 6.61 Å². The maximum absolute atomic E-state index is 13.0. The fourth-order valence-corrected chi connectivity index (χ4v) is 1.28. The first kappa shape index (κ1) is 14.9. The van der Waals surface area contributed by atoms with Crippen molar-refractivity contribution in [3.05, 3.63) is 35.1 Å². The smallest absolute Gasteiger partial charge is 0.301 e. The summed E-state index contributed by atoms with van der Waals surface area (Å²) in [5.41, 5.74) is 1.69. The number of halogens is 4. The molecule has 1 rings (SSSR count). The lowest BCUT2D eigenvalue weighted by Crippen LogP contribution is -2.18. The molecular formula is C12H15F4NO. The monoisotopic (exact) mass is 265 g/mol. The van der Waals surface area contributed by atoms with Crippen molar-refractivity contribution in [1.82, 2.24) is 5.48 Å². The van der Waals surface area contributed by atoms with Crippen LogP contribution in [0.3, 0.4) is 0 Å². The molecule has 1 aromatic carbocycles. The Hall–Kier alpha value is -1.14. The van der Waals surface area contributed by atoms with Gasteiger partial charge in [0.25, 0.3) is 0 Å². The summed E-state index contributed by atoms with van der Waals surface area (Å²) < 4.78 is 50.3. The van der Waals surface area contributed by atoms with Crippen molar-refractivity contribution in [2.45, 2.75) is 26.6 Å². The van der Waals surface area contributed by atoms with E-state index in [1.54, 1.807) is 0 Å². The van der Waals surface area contributed by atoms with Gasteiger partial charge in [-0.2, -0.15) is 18.7 Å². The second kappa shape index (κ2) is 6.15. The highest BCUT2D eigenvalue weighted by atomic mass is 19.4. The van der Waals surface area contributed by atoms with E-state index in [0.717, 1.165) is 12.1 Å². The van der Waals surface area contributed by atoms with E-state index in [1.807, 2.05) is 13.8 Å². The Morgan fingerprint density at radius 2 is 1.89 bits per heavy atom. The number of hydrogen-bond acceptors (Lipinski definition) is 2. The highest BCUT2D eigenvalue weighted by Crippen LogP contribution is 2.30. The van der Waals surface area contributed by atoms with E-state index in [9.17, 15) is 17.6 Å². The quantitative estimate of drug-likeness (QED) is 0.499. The fraction of sp³-hybridized carbons (Fsp3) is 0.500. The summed E-state index contributed by atoms with van der Waals surface area (Å²) in [5, 5.41) is 0. The largest absolute Gasteiger partial charge is 0.416 e. The summed E-state index contributed by atoms with van der Waals surface area (Å²) in [6.45, 7) is 4.33. The maximum atomic E-state index is 13.0. The molecule has 1 N–H and O–H groups in total. The number of rotatable bonds is 5. The highest BCUT2D eigenvalue weighted by Gasteiger charge is 2.31. The van der Waals surface area contributed by atoms with Gasteiger partial charge in [0, 0.05) is 6.54 Å². The third-order valence-electron chi connectivity index (χ3n) is 2.08. The van der Waals surface area contributed by atoms with Gasteiger partial charge in [0.15, 0.2) is 0 Å². The number of alkyl halides is 3. The Morgan fingerprint density at radius 3 is 2.44 bits per heavy atom. The molecule has 0 aromatic heterocycles. The second-order valence-corrected chi connectivity index (χ2v) is 4.37. The minimum Gasteiger partial charge on any atom is -0.301 e. The number of benzene rings is 1. The molecule has 0 saturated carbocycles. The predicted octanol–water partition coefficient (Wildman–Crippen LogP) is 3.52. The zero-order chi connectivity index (χ0) is 13.8. The Bertz CT molecular complexity index is 390. The summed E-state index contributed by atoms with van der Waals surface area (Å²) in [6.07, 6.45) is -4.55. The van der Waals surface area contributed by atoms with Crippen molar-refractivity contribution < 1.29 is 22.4 Å². The van der Waals surface area contributed by atoms with E-state index in [2.05, 4.69) is 5.48 Å². The molecule has 0 saturated heterocycles.